The lowest BCUT2D eigenvalue weighted by atomic mass is 10.0. The molecule has 0 amide bonds. The van der Waals surface area contributed by atoms with Gasteiger partial charge in [0.1, 0.15) is 0 Å². The standard InChI is InChI=1S/C12H20N4O/c1-16(9-12(17)4-2-3-5-12)11-14-7-10(6-13)8-15-11/h7-8,17H,2-6,9,13H2,1H3. The van der Waals surface area contributed by atoms with Gasteiger partial charge < -0.3 is 15.7 Å². The van der Waals surface area contributed by atoms with Gasteiger partial charge in [0.05, 0.1) is 5.60 Å². The molecule has 0 saturated heterocycles. The lowest BCUT2D eigenvalue weighted by molar-refractivity contribution is 0.0556. The van der Waals surface area contributed by atoms with E-state index in [0.29, 0.717) is 19.0 Å². The molecule has 1 saturated carbocycles. The van der Waals surface area contributed by atoms with Gasteiger partial charge in [0.25, 0.3) is 0 Å². The van der Waals surface area contributed by atoms with Crippen LogP contribution in [-0.4, -0.2) is 34.3 Å². The molecule has 1 aliphatic rings. The second kappa shape index (κ2) is 4.98. The van der Waals surface area contributed by atoms with E-state index in [-0.39, 0.29) is 0 Å². The lowest BCUT2D eigenvalue weighted by Crippen LogP contribution is -2.39. The highest BCUT2D eigenvalue weighted by Crippen LogP contribution is 2.30. The average molecular weight is 236 g/mol. The number of aliphatic hydroxyl groups is 1. The summed E-state index contributed by atoms with van der Waals surface area (Å²) >= 11 is 0. The summed E-state index contributed by atoms with van der Waals surface area (Å²) in [5.41, 5.74) is 5.85. The van der Waals surface area contributed by atoms with Gasteiger partial charge in [-0.3, -0.25) is 0 Å². The van der Waals surface area contributed by atoms with E-state index in [1.54, 1.807) is 12.4 Å². The van der Waals surface area contributed by atoms with Gasteiger partial charge in [-0.15, -0.1) is 0 Å². The third-order valence-electron chi connectivity index (χ3n) is 3.33. The second-order valence-electron chi connectivity index (χ2n) is 4.88. The molecule has 0 aromatic carbocycles. The molecule has 2 rings (SSSR count). The fourth-order valence-electron chi connectivity index (χ4n) is 2.35. The predicted molar refractivity (Wildman–Crippen MR) is 66.6 cm³/mol. The van der Waals surface area contributed by atoms with E-state index < -0.39 is 5.60 Å². The first-order chi connectivity index (χ1) is 8.13. The molecule has 0 unspecified atom stereocenters. The van der Waals surface area contributed by atoms with Crippen LogP contribution in [0.15, 0.2) is 12.4 Å². The zero-order chi connectivity index (χ0) is 12.3. The largest absolute Gasteiger partial charge is 0.388 e. The molecule has 5 nitrogen and oxygen atoms in total. The Balaban J connectivity index is 2.01. The van der Waals surface area contributed by atoms with Crippen molar-refractivity contribution in [1.29, 1.82) is 0 Å². The maximum absolute atomic E-state index is 10.3. The minimum atomic E-state index is -0.565. The fourth-order valence-corrected chi connectivity index (χ4v) is 2.35. The normalized spacial score (nSPS) is 18.3. The van der Waals surface area contributed by atoms with Gasteiger partial charge in [-0.05, 0) is 12.8 Å². The number of rotatable bonds is 4. The molecule has 0 atom stereocenters. The molecule has 1 aromatic heterocycles. The highest BCUT2D eigenvalue weighted by atomic mass is 16.3. The van der Waals surface area contributed by atoms with Crippen LogP contribution in [0.4, 0.5) is 5.95 Å². The van der Waals surface area contributed by atoms with Crippen molar-refractivity contribution in [1.82, 2.24) is 9.97 Å². The molecule has 5 heteroatoms. The van der Waals surface area contributed by atoms with Crippen LogP contribution in [0, 0.1) is 0 Å². The molecule has 0 aliphatic heterocycles. The lowest BCUT2D eigenvalue weighted by Gasteiger charge is -2.28. The van der Waals surface area contributed by atoms with E-state index in [2.05, 4.69) is 9.97 Å². The molecule has 1 fully saturated rings. The zero-order valence-corrected chi connectivity index (χ0v) is 10.3. The van der Waals surface area contributed by atoms with E-state index in [1.165, 1.54) is 0 Å². The SMILES string of the molecule is CN(CC1(O)CCCC1)c1ncc(CN)cn1. The summed E-state index contributed by atoms with van der Waals surface area (Å²) in [7, 11) is 1.91. The first kappa shape index (κ1) is 12.3. The van der Waals surface area contributed by atoms with Crippen LogP contribution in [0.2, 0.25) is 0 Å². The molecule has 0 bridgehead atoms. The van der Waals surface area contributed by atoms with Crippen LogP contribution in [0.5, 0.6) is 0 Å². The van der Waals surface area contributed by atoms with Crippen LogP contribution < -0.4 is 10.6 Å². The van der Waals surface area contributed by atoms with Crippen molar-refractivity contribution in [2.24, 2.45) is 5.73 Å². The summed E-state index contributed by atoms with van der Waals surface area (Å²) in [4.78, 5) is 10.4. The molecule has 0 spiro atoms. The number of aromatic nitrogens is 2. The molecule has 3 N–H and O–H groups in total. The summed E-state index contributed by atoms with van der Waals surface area (Å²) in [6.07, 6.45) is 7.43. The van der Waals surface area contributed by atoms with Crippen molar-refractivity contribution in [3.05, 3.63) is 18.0 Å². The Labute approximate surface area is 102 Å². The summed E-state index contributed by atoms with van der Waals surface area (Å²) in [6, 6.07) is 0. The number of nitrogens with zero attached hydrogens (tertiary/aromatic N) is 3. The minimum absolute atomic E-state index is 0.452. The van der Waals surface area contributed by atoms with Crippen molar-refractivity contribution in [2.75, 3.05) is 18.5 Å². The van der Waals surface area contributed by atoms with Crippen molar-refractivity contribution in [2.45, 2.75) is 37.8 Å². The minimum Gasteiger partial charge on any atom is -0.388 e. The van der Waals surface area contributed by atoms with Crippen LogP contribution in [0.3, 0.4) is 0 Å². The quantitative estimate of drug-likeness (QED) is 0.804. The van der Waals surface area contributed by atoms with Gasteiger partial charge in [0.2, 0.25) is 5.95 Å². The fraction of sp³-hybridized carbons (Fsp3) is 0.667. The van der Waals surface area contributed by atoms with Gasteiger partial charge in [0, 0.05) is 38.1 Å². The number of nitrogens with two attached hydrogens (primary N) is 1. The monoisotopic (exact) mass is 236 g/mol. The van der Waals surface area contributed by atoms with Gasteiger partial charge in [0.15, 0.2) is 0 Å². The Bertz CT molecular complexity index is 359. The van der Waals surface area contributed by atoms with E-state index >= 15 is 0 Å². The molecular weight excluding hydrogens is 216 g/mol. The van der Waals surface area contributed by atoms with E-state index in [0.717, 1.165) is 31.2 Å². The van der Waals surface area contributed by atoms with Crippen LogP contribution in [-0.2, 0) is 6.54 Å². The molecule has 1 heterocycles. The Kier molecular flexibility index (Phi) is 3.59. The topological polar surface area (TPSA) is 75.3 Å². The van der Waals surface area contributed by atoms with Gasteiger partial charge in [-0.1, -0.05) is 12.8 Å². The van der Waals surface area contributed by atoms with Gasteiger partial charge in [-0.2, -0.15) is 0 Å². The molecule has 0 radical (unpaired) electrons. The van der Waals surface area contributed by atoms with Crippen molar-refractivity contribution in [3.63, 3.8) is 0 Å². The van der Waals surface area contributed by atoms with Crippen molar-refractivity contribution < 1.29 is 5.11 Å². The van der Waals surface area contributed by atoms with Gasteiger partial charge >= 0.3 is 0 Å². The summed E-state index contributed by atoms with van der Waals surface area (Å²) in [5, 5.41) is 10.3. The Morgan fingerprint density at radius 2 is 1.94 bits per heavy atom. The maximum atomic E-state index is 10.3. The number of hydrogen-bond acceptors (Lipinski definition) is 5. The van der Waals surface area contributed by atoms with E-state index in [1.807, 2.05) is 11.9 Å². The third-order valence-corrected chi connectivity index (χ3v) is 3.33. The first-order valence-electron chi connectivity index (χ1n) is 6.07. The summed E-state index contributed by atoms with van der Waals surface area (Å²) in [6.45, 7) is 1.04. The van der Waals surface area contributed by atoms with E-state index in [4.69, 9.17) is 5.73 Å². The van der Waals surface area contributed by atoms with Crippen LogP contribution in [0.1, 0.15) is 31.2 Å². The molecule has 1 aromatic rings. The maximum Gasteiger partial charge on any atom is 0.225 e. The van der Waals surface area contributed by atoms with Crippen LogP contribution in [0.25, 0.3) is 0 Å². The predicted octanol–water partition coefficient (Wildman–Crippen LogP) is 0.677. The molecule has 17 heavy (non-hydrogen) atoms. The summed E-state index contributed by atoms with van der Waals surface area (Å²) in [5.74, 6) is 0.641. The Morgan fingerprint density at radius 3 is 2.47 bits per heavy atom. The Hall–Kier alpha value is -1.20. The number of likely N-dealkylation sites (N-methyl/N-ethyl adjacent to an activating group) is 1. The Morgan fingerprint density at radius 1 is 1.35 bits per heavy atom. The second-order valence-corrected chi connectivity index (χ2v) is 4.88. The van der Waals surface area contributed by atoms with Crippen molar-refractivity contribution in [3.8, 4) is 0 Å². The first-order valence-corrected chi connectivity index (χ1v) is 6.07. The number of anilines is 1. The van der Waals surface area contributed by atoms with Crippen molar-refractivity contribution >= 4 is 5.95 Å². The highest BCUT2D eigenvalue weighted by molar-refractivity contribution is 5.29. The zero-order valence-electron chi connectivity index (χ0n) is 10.3. The average Bonchev–Trinajstić information content (AvgIpc) is 2.76. The molecule has 94 valence electrons. The van der Waals surface area contributed by atoms with Gasteiger partial charge in [-0.25, -0.2) is 9.97 Å². The molecular formula is C12H20N4O. The number of hydrogen-bond donors (Lipinski definition) is 2. The smallest absolute Gasteiger partial charge is 0.225 e. The summed E-state index contributed by atoms with van der Waals surface area (Å²) < 4.78 is 0. The third kappa shape index (κ3) is 2.92. The van der Waals surface area contributed by atoms with E-state index in [9.17, 15) is 5.11 Å². The highest BCUT2D eigenvalue weighted by Gasteiger charge is 2.32. The molecule has 1 aliphatic carbocycles. The van der Waals surface area contributed by atoms with Crippen LogP contribution >= 0.6 is 0 Å².